The molecule has 0 unspecified atom stereocenters. The first kappa shape index (κ1) is 32.2. The number of hydrogen-bond acceptors (Lipinski definition) is 0. The summed E-state index contributed by atoms with van der Waals surface area (Å²) in [5.74, 6) is 0. The number of hydrogen-bond donors (Lipinski definition) is 0. The summed E-state index contributed by atoms with van der Waals surface area (Å²) in [5, 5.41) is 2.66. The molecule has 0 bridgehead atoms. The topological polar surface area (TPSA) is 0 Å². The predicted octanol–water partition coefficient (Wildman–Crippen LogP) is 8.63. The summed E-state index contributed by atoms with van der Waals surface area (Å²) in [6.07, 6.45) is 29.0. The van der Waals surface area contributed by atoms with Crippen molar-refractivity contribution in [3.63, 3.8) is 0 Å². The molecule has 5 rings (SSSR count). The normalized spacial score (nSPS) is 15.7. The number of fused-ring (bicyclic) bond motifs is 1. The van der Waals surface area contributed by atoms with E-state index in [1.54, 1.807) is 0 Å². The van der Waals surface area contributed by atoms with E-state index in [1.807, 2.05) is 12.2 Å². The van der Waals surface area contributed by atoms with Crippen LogP contribution in [-0.2, 0) is 23.3 Å². The van der Waals surface area contributed by atoms with Crippen LogP contribution in [0.3, 0.4) is 0 Å². The molecule has 0 saturated heterocycles. The zero-order chi connectivity index (χ0) is 20.1. The minimum Gasteiger partial charge on any atom is -0.168 e. The maximum atomic E-state index is 3.06. The minimum absolute atomic E-state index is 0. The van der Waals surface area contributed by atoms with Gasteiger partial charge in [-0.05, 0) is 0 Å². The summed E-state index contributed by atoms with van der Waals surface area (Å²) in [5.41, 5.74) is 0. The molecule has 0 heterocycles. The molecule has 4 heteroatoms. The van der Waals surface area contributed by atoms with Crippen molar-refractivity contribution in [3.8, 4) is 0 Å². The summed E-state index contributed by atoms with van der Waals surface area (Å²) in [6.45, 7) is 3.06. The van der Waals surface area contributed by atoms with E-state index in [9.17, 15) is 0 Å². The molecule has 166 valence electrons. The summed E-state index contributed by atoms with van der Waals surface area (Å²) in [6, 6.07) is 14.7. The Balaban J connectivity index is 0. The molecule has 2 aromatic rings. The zero-order valence-electron chi connectivity index (χ0n) is 18.0. The van der Waals surface area contributed by atoms with Crippen molar-refractivity contribution in [1.29, 1.82) is 0 Å². The smallest absolute Gasteiger partial charge is 0.0809 e. The Bertz CT molecular complexity index is 568. The van der Waals surface area contributed by atoms with Gasteiger partial charge < -0.3 is 12.8 Å². The monoisotopic (exact) mass is 536 g/mol. The molecule has 3 aliphatic carbocycles. The van der Waals surface area contributed by atoms with Crippen LogP contribution in [-0.4, -0.2) is 6.88 Å². The van der Waals surface area contributed by atoms with Gasteiger partial charge in [0.2, 0.25) is 0 Å². The van der Waals surface area contributed by atoms with Crippen LogP contribution >= 0.6 is 24.8 Å². The molecule has 0 N–H and O–H groups in total. The summed E-state index contributed by atoms with van der Waals surface area (Å²) in [7, 11) is 0. The Morgan fingerprint density at radius 3 is 1.67 bits per heavy atom. The van der Waals surface area contributed by atoms with Gasteiger partial charge in [-0.15, -0.1) is 60.9 Å². The van der Waals surface area contributed by atoms with Crippen molar-refractivity contribution in [3.05, 3.63) is 79.6 Å². The molecule has 0 nitrogen and oxygen atoms in total. The van der Waals surface area contributed by atoms with E-state index in [2.05, 4.69) is 74.3 Å². The maximum Gasteiger partial charge on any atom is -0.0809 e. The van der Waals surface area contributed by atoms with Crippen LogP contribution in [0.4, 0.5) is 0 Å². The van der Waals surface area contributed by atoms with Gasteiger partial charge in [0, 0.05) is 0 Å². The summed E-state index contributed by atoms with van der Waals surface area (Å²) < 4.78 is 0. The van der Waals surface area contributed by atoms with Gasteiger partial charge in [0.1, 0.15) is 0 Å². The quantitative estimate of drug-likeness (QED) is 0.233. The fourth-order valence-electron chi connectivity index (χ4n) is 3.21. The fraction of sp³-hybridized carbons (Fsp3) is 0.423. The van der Waals surface area contributed by atoms with Crippen LogP contribution in [0.5, 0.6) is 0 Å². The van der Waals surface area contributed by atoms with E-state index in [-0.39, 0.29) is 24.8 Å². The second-order valence-corrected chi connectivity index (χ2v) is 7.01. The number of benzene rings is 1. The Labute approximate surface area is 214 Å². The number of halogens is 2. The summed E-state index contributed by atoms with van der Waals surface area (Å²) >= 11 is 1.36. The van der Waals surface area contributed by atoms with Crippen LogP contribution in [0.1, 0.15) is 70.6 Å². The van der Waals surface area contributed by atoms with Gasteiger partial charge in [0.25, 0.3) is 0 Å². The first-order chi connectivity index (χ1) is 14.0. The van der Waals surface area contributed by atoms with E-state index in [1.165, 1.54) is 98.3 Å². The van der Waals surface area contributed by atoms with Gasteiger partial charge in [0.15, 0.2) is 0 Å². The van der Waals surface area contributed by atoms with Gasteiger partial charge >= 0.3 is 30.2 Å². The van der Waals surface area contributed by atoms with E-state index in [4.69, 9.17) is 0 Å². The van der Waals surface area contributed by atoms with Crippen molar-refractivity contribution < 1.29 is 23.3 Å². The molecule has 3 aliphatic rings. The number of rotatable bonds is 0. The third kappa shape index (κ3) is 17.6. The summed E-state index contributed by atoms with van der Waals surface area (Å²) in [4.78, 5) is 0. The molecule has 30 heavy (non-hydrogen) atoms. The van der Waals surface area contributed by atoms with E-state index >= 15 is 0 Å². The molecule has 0 aliphatic heterocycles. The van der Waals surface area contributed by atoms with Gasteiger partial charge in [0.05, 0.1) is 0 Å². The predicted molar refractivity (Wildman–Crippen MR) is 136 cm³/mol. The third-order valence-electron chi connectivity index (χ3n) is 4.77. The molecule has 2 saturated carbocycles. The van der Waals surface area contributed by atoms with Crippen molar-refractivity contribution in [2.24, 2.45) is 0 Å². The van der Waals surface area contributed by atoms with Crippen molar-refractivity contribution in [1.82, 2.24) is 0 Å². The maximum absolute atomic E-state index is 3.06. The Morgan fingerprint density at radius 2 is 1.33 bits per heavy atom. The van der Waals surface area contributed by atoms with Crippen LogP contribution in [0.2, 0.25) is 0 Å². The SMILES string of the molecule is Cl.Cl.[C-]1=CC=CC1.[CH-]1CCCCC1.[CH-]1CCCCC1.[Si]=[Zr].c1ccc2[cH-]ccc2c1. The zero-order valence-corrected chi connectivity index (χ0v) is 23.1. The second kappa shape index (κ2) is 25.3. The van der Waals surface area contributed by atoms with Crippen molar-refractivity contribution in [2.45, 2.75) is 70.6 Å². The largest absolute Gasteiger partial charge is 0.168 e. The molecule has 2 radical (unpaired) electrons. The minimum atomic E-state index is 0. The fourth-order valence-corrected chi connectivity index (χ4v) is 3.21. The van der Waals surface area contributed by atoms with E-state index < -0.39 is 0 Å². The van der Waals surface area contributed by atoms with Crippen LogP contribution in [0, 0.1) is 18.9 Å². The molecule has 0 atom stereocenters. The third-order valence-corrected chi connectivity index (χ3v) is 4.77. The first-order valence-corrected chi connectivity index (χ1v) is 14.9. The van der Waals surface area contributed by atoms with Crippen LogP contribution < -0.4 is 0 Å². The molecule has 0 amide bonds. The van der Waals surface area contributed by atoms with Gasteiger partial charge in [-0.25, -0.2) is 12.2 Å². The molecule has 2 fully saturated rings. The average molecular weight is 539 g/mol. The van der Waals surface area contributed by atoms with Gasteiger partial charge in [-0.1, -0.05) is 44.6 Å². The standard InChI is InChI=1S/C9H7.2C6H11.C5H5.2ClH.Si.Zr/c1-2-5-9-7-3-6-8(9)4-1;2*1-2-4-6-5-3-1;1-2-4-5-3-1;;;;/h1-7H;2*1H,2-6H2;1-3H,4H2;2*1H;;/q4*-1;;;;. The molecule has 2 aromatic carbocycles. The van der Waals surface area contributed by atoms with Crippen LogP contribution in [0.15, 0.2) is 60.7 Å². The molecule has 0 aromatic heterocycles. The van der Waals surface area contributed by atoms with Gasteiger partial charge in [-0.2, -0.15) is 49.3 Å². The van der Waals surface area contributed by atoms with E-state index in [0.717, 1.165) is 6.42 Å². The molecular weight excluding hydrogens is 503 g/mol. The molecular formula is C26H36Cl2SiZr-4. The second-order valence-electron chi connectivity index (χ2n) is 7.01. The first-order valence-electron chi connectivity index (χ1n) is 10.7. The number of allylic oxidation sites excluding steroid dienone is 4. The van der Waals surface area contributed by atoms with Gasteiger partial charge in [-0.3, -0.25) is 6.08 Å². The average Bonchev–Trinajstić information content (AvgIpc) is 3.54. The van der Waals surface area contributed by atoms with E-state index in [0.29, 0.717) is 0 Å². The molecule has 0 spiro atoms. The van der Waals surface area contributed by atoms with Crippen LogP contribution in [0.25, 0.3) is 10.8 Å². The Morgan fingerprint density at radius 1 is 0.767 bits per heavy atom. The van der Waals surface area contributed by atoms with Crippen molar-refractivity contribution in [2.75, 3.05) is 0 Å². The Kier molecular flexibility index (Phi) is 27.1. The van der Waals surface area contributed by atoms with Crippen molar-refractivity contribution >= 4 is 42.5 Å². The Hall–Kier alpha value is -0.0100.